The average molecular weight is 238 g/mol. The minimum Gasteiger partial charge on any atom is -0.316 e. The van der Waals surface area contributed by atoms with Crippen LogP contribution in [0.3, 0.4) is 0 Å². The van der Waals surface area contributed by atoms with Crippen molar-refractivity contribution in [1.29, 1.82) is 0 Å². The summed E-state index contributed by atoms with van der Waals surface area (Å²) >= 11 is 1.98. The highest BCUT2D eigenvalue weighted by atomic mass is 32.2. The topological polar surface area (TPSA) is 41.1 Å². The summed E-state index contributed by atoms with van der Waals surface area (Å²) in [4.78, 5) is 11.3. The standard InChI is InChI=1S/C11H18N4S/c1-12-5-9-6-13-11(14-7-9)10-8-16-4-3-15(10)2/h6-7,10,12H,3-5,8H2,1-2H3. The van der Waals surface area contributed by atoms with E-state index >= 15 is 0 Å². The summed E-state index contributed by atoms with van der Waals surface area (Å²) in [5.41, 5.74) is 1.14. The summed E-state index contributed by atoms with van der Waals surface area (Å²) in [6.45, 7) is 1.95. The zero-order valence-corrected chi connectivity index (χ0v) is 10.6. The fourth-order valence-corrected chi connectivity index (χ4v) is 3.00. The third-order valence-electron chi connectivity index (χ3n) is 2.80. The lowest BCUT2D eigenvalue weighted by molar-refractivity contribution is 0.264. The van der Waals surface area contributed by atoms with Crippen molar-refractivity contribution in [3.8, 4) is 0 Å². The van der Waals surface area contributed by atoms with Crippen LogP contribution in [-0.4, -0.2) is 47.0 Å². The molecular weight excluding hydrogens is 220 g/mol. The van der Waals surface area contributed by atoms with Gasteiger partial charge in [0, 0.05) is 42.6 Å². The molecule has 88 valence electrons. The Labute approximate surface area is 101 Å². The molecule has 1 aromatic heterocycles. The number of thioether (sulfide) groups is 1. The largest absolute Gasteiger partial charge is 0.316 e. The van der Waals surface area contributed by atoms with Gasteiger partial charge in [-0.15, -0.1) is 0 Å². The van der Waals surface area contributed by atoms with Gasteiger partial charge in [0.05, 0.1) is 6.04 Å². The molecule has 16 heavy (non-hydrogen) atoms. The molecule has 0 amide bonds. The summed E-state index contributed by atoms with van der Waals surface area (Å²) < 4.78 is 0. The maximum atomic E-state index is 4.47. The Morgan fingerprint density at radius 2 is 2.25 bits per heavy atom. The summed E-state index contributed by atoms with van der Waals surface area (Å²) in [6, 6.07) is 0.377. The van der Waals surface area contributed by atoms with Crippen molar-refractivity contribution >= 4 is 11.8 Å². The number of hydrogen-bond acceptors (Lipinski definition) is 5. The first-order valence-corrected chi connectivity index (χ1v) is 6.70. The Hall–Kier alpha value is -0.650. The minimum absolute atomic E-state index is 0.377. The number of nitrogens with zero attached hydrogens (tertiary/aromatic N) is 3. The van der Waals surface area contributed by atoms with Crippen LogP contribution in [0.4, 0.5) is 0 Å². The van der Waals surface area contributed by atoms with Crippen molar-refractivity contribution in [2.45, 2.75) is 12.6 Å². The van der Waals surface area contributed by atoms with E-state index in [1.54, 1.807) is 0 Å². The molecule has 2 heterocycles. The molecule has 0 aliphatic carbocycles. The Morgan fingerprint density at radius 3 is 2.88 bits per heavy atom. The number of nitrogens with one attached hydrogen (secondary N) is 1. The van der Waals surface area contributed by atoms with Crippen molar-refractivity contribution in [2.75, 3.05) is 32.1 Å². The molecule has 1 fully saturated rings. The zero-order chi connectivity index (χ0) is 11.4. The lowest BCUT2D eigenvalue weighted by atomic mass is 10.2. The summed E-state index contributed by atoms with van der Waals surface area (Å²) in [5, 5.41) is 3.10. The van der Waals surface area contributed by atoms with E-state index in [1.807, 2.05) is 31.2 Å². The van der Waals surface area contributed by atoms with E-state index in [1.165, 1.54) is 5.75 Å². The molecule has 1 atom stereocenters. The van der Waals surface area contributed by atoms with Crippen LogP contribution in [0, 0.1) is 0 Å². The van der Waals surface area contributed by atoms with Gasteiger partial charge in [0.2, 0.25) is 0 Å². The predicted octanol–water partition coefficient (Wildman–Crippen LogP) is 0.916. The van der Waals surface area contributed by atoms with Crippen LogP contribution in [0.1, 0.15) is 17.4 Å². The minimum atomic E-state index is 0.377. The molecular formula is C11H18N4S. The van der Waals surface area contributed by atoms with Gasteiger partial charge in [-0.25, -0.2) is 9.97 Å². The number of rotatable bonds is 3. The molecule has 0 spiro atoms. The highest BCUT2D eigenvalue weighted by Gasteiger charge is 2.23. The summed E-state index contributed by atoms with van der Waals surface area (Å²) in [6.07, 6.45) is 3.85. The van der Waals surface area contributed by atoms with Crippen LogP contribution in [-0.2, 0) is 6.54 Å². The molecule has 2 rings (SSSR count). The number of hydrogen-bond donors (Lipinski definition) is 1. The van der Waals surface area contributed by atoms with Crippen LogP contribution < -0.4 is 5.32 Å². The van der Waals surface area contributed by atoms with Gasteiger partial charge in [0.15, 0.2) is 0 Å². The van der Waals surface area contributed by atoms with Gasteiger partial charge in [0.1, 0.15) is 5.82 Å². The van der Waals surface area contributed by atoms with Gasteiger partial charge in [0.25, 0.3) is 0 Å². The lowest BCUT2D eigenvalue weighted by Gasteiger charge is -2.30. The first-order valence-electron chi connectivity index (χ1n) is 5.54. The maximum Gasteiger partial charge on any atom is 0.146 e. The van der Waals surface area contributed by atoms with Crippen molar-refractivity contribution in [3.05, 3.63) is 23.8 Å². The van der Waals surface area contributed by atoms with E-state index in [0.29, 0.717) is 6.04 Å². The molecule has 4 nitrogen and oxygen atoms in total. The summed E-state index contributed by atoms with van der Waals surface area (Å²) in [5.74, 6) is 3.27. The Bertz CT molecular complexity index is 327. The molecule has 0 bridgehead atoms. The SMILES string of the molecule is CNCc1cnc(C2CSCCN2C)nc1. The average Bonchev–Trinajstić information content (AvgIpc) is 2.31. The van der Waals surface area contributed by atoms with E-state index in [4.69, 9.17) is 0 Å². The van der Waals surface area contributed by atoms with Crippen molar-refractivity contribution in [3.63, 3.8) is 0 Å². The Morgan fingerprint density at radius 1 is 1.50 bits per heavy atom. The van der Waals surface area contributed by atoms with E-state index in [9.17, 15) is 0 Å². The fraction of sp³-hybridized carbons (Fsp3) is 0.636. The molecule has 5 heteroatoms. The molecule has 0 aromatic carbocycles. The lowest BCUT2D eigenvalue weighted by Crippen LogP contribution is -2.33. The van der Waals surface area contributed by atoms with Gasteiger partial charge in [-0.05, 0) is 14.1 Å². The highest BCUT2D eigenvalue weighted by Crippen LogP contribution is 2.25. The normalized spacial score (nSPS) is 22.2. The van der Waals surface area contributed by atoms with Crippen LogP contribution >= 0.6 is 11.8 Å². The van der Waals surface area contributed by atoms with Crippen molar-refractivity contribution in [2.24, 2.45) is 0 Å². The molecule has 1 unspecified atom stereocenters. The van der Waals surface area contributed by atoms with E-state index in [0.717, 1.165) is 30.2 Å². The van der Waals surface area contributed by atoms with Gasteiger partial charge in [-0.1, -0.05) is 0 Å². The third kappa shape index (κ3) is 2.72. The van der Waals surface area contributed by atoms with Gasteiger partial charge in [-0.3, -0.25) is 4.90 Å². The maximum absolute atomic E-state index is 4.47. The first kappa shape index (κ1) is 11.8. The van der Waals surface area contributed by atoms with Crippen molar-refractivity contribution in [1.82, 2.24) is 20.2 Å². The van der Waals surface area contributed by atoms with Crippen LogP contribution in [0.2, 0.25) is 0 Å². The monoisotopic (exact) mass is 238 g/mol. The number of aromatic nitrogens is 2. The van der Waals surface area contributed by atoms with Crippen LogP contribution in [0.15, 0.2) is 12.4 Å². The molecule has 0 saturated carbocycles. The Kier molecular flexibility index (Phi) is 4.15. The quantitative estimate of drug-likeness (QED) is 0.848. The summed E-state index contributed by atoms with van der Waals surface area (Å²) in [7, 11) is 4.08. The molecule has 1 aliphatic rings. The van der Waals surface area contributed by atoms with Gasteiger partial charge < -0.3 is 5.32 Å². The molecule has 0 radical (unpaired) electrons. The zero-order valence-electron chi connectivity index (χ0n) is 9.81. The second kappa shape index (κ2) is 5.61. The molecule has 1 aromatic rings. The Balaban J connectivity index is 2.08. The van der Waals surface area contributed by atoms with E-state index < -0.39 is 0 Å². The van der Waals surface area contributed by atoms with E-state index in [2.05, 4.69) is 27.2 Å². The molecule has 1 aliphatic heterocycles. The predicted molar refractivity (Wildman–Crippen MR) is 67.5 cm³/mol. The fourth-order valence-electron chi connectivity index (χ4n) is 1.79. The van der Waals surface area contributed by atoms with Gasteiger partial charge >= 0.3 is 0 Å². The van der Waals surface area contributed by atoms with Crippen molar-refractivity contribution < 1.29 is 0 Å². The highest BCUT2D eigenvalue weighted by molar-refractivity contribution is 7.99. The van der Waals surface area contributed by atoms with Crippen LogP contribution in [0.5, 0.6) is 0 Å². The molecule has 1 saturated heterocycles. The second-order valence-electron chi connectivity index (χ2n) is 4.05. The smallest absolute Gasteiger partial charge is 0.146 e. The van der Waals surface area contributed by atoms with Gasteiger partial charge in [-0.2, -0.15) is 11.8 Å². The first-order chi connectivity index (χ1) is 7.81. The second-order valence-corrected chi connectivity index (χ2v) is 5.20. The molecule has 1 N–H and O–H groups in total. The van der Waals surface area contributed by atoms with E-state index in [-0.39, 0.29) is 0 Å². The third-order valence-corrected chi connectivity index (χ3v) is 3.82. The van der Waals surface area contributed by atoms with Crippen LogP contribution in [0.25, 0.3) is 0 Å².